The third kappa shape index (κ3) is 3.83. The second kappa shape index (κ2) is 5.79. The van der Waals surface area contributed by atoms with Crippen LogP contribution in [0.3, 0.4) is 0 Å². The van der Waals surface area contributed by atoms with Crippen molar-refractivity contribution in [3.8, 4) is 6.07 Å². The fourth-order valence-corrected chi connectivity index (χ4v) is 1.93. The van der Waals surface area contributed by atoms with Gasteiger partial charge in [-0.25, -0.2) is 4.39 Å². The molecular weight excluding hydrogens is 215 g/mol. The Hall–Kier alpha value is -1.40. The van der Waals surface area contributed by atoms with Crippen molar-refractivity contribution >= 4 is 0 Å². The van der Waals surface area contributed by atoms with Crippen LogP contribution in [0.2, 0.25) is 0 Å². The highest BCUT2D eigenvalue weighted by molar-refractivity contribution is 5.33. The molecule has 0 heterocycles. The Kier molecular flexibility index (Phi) is 4.11. The van der Waals surface area contributed by atoms with E-state index in [1.807, 2.05) is 6.07 Å². The molecule has 0 spiro atoms. The van der Waals surface area contributed by atoms with Crippen molar-refractivity contribution in [3.05, 3.63) is 35.1 Å². The number of hydrogen-bond acceptors (Lipinski definition) is 2. The fraction of sp³-hybridized carbons (Fsp3) is 0.500. The van der Waals surface area contributed by atoms with Crippen LogP contribution in [-0.4, -0.2) is 6.54 Å². The molecule has 0 saturated heterocycles. The number of nitrogens with one attached hydrogen (secondary N) is 1. The van der Waals surface area contributed by atoms with Crippen molar-refractivity contribution in [2.75, 3.05) is 6.54 Å². The van der Waals surface area contributed by atoms with Gasteiger partial charge in [-0.1, -0.05) is 12.8 Å². The molecule has 0 unspecified atom stereocenters. The molecule has 3 heteroatoms. The Labute approximate surface area is 101 Å². The summed E-state index contributed by atoms with van der Waals surface area (Å²) in [5.74, 6) is 0.717. The Bertz CT molecular complexity index is 419. The lowest BCUT2D eigenvalue weighted by Crippen LogP contribution is -2.15. The predicted octanol–water partition coefficient (Wildman–Crippen LogP) is 2.98. The first-order valence-electron chi connectivity index (χ1n) is 6.19. The van der Waals surface area contributed by atoms with Gasteiger partial charge in [0.25, 0.3) is 0 Å². The maximum absolute atomic E-state index is 13.4. The predicted molar refractivity (Wildman–Crippen MR) is 64.8 cm³/mol. The first kappa shape index (κ1) is 12.1. The average Bonchev–Trinajstić information content (AvgIpc) is 3.15. The summed E-state index contributed by atoms with van der Waals surface area (Å²) in [5.41, 5.74) is 1.09. The Morgan fingerprint density at radius 2 is 2.24 bits per heavy atom. The van der Waals surface area contributed by atoms with Gasteiger partial charge in [-0.05, 0) is 43.5 Å². The third-order valence-corrected chi connectivity index (χ3v) is 3.15. The van der Waals surface area contributed by atoms with Gasteiger partial charge < -0.3 is 5.32 Å². The number of rotatable bonds is 6. The maximum atomic E-state index is 13.4. The van der Waals surface area contributed by atoms with Gasteiger partial charge in [0.1, 0.15) is 5.82 Å². The van der Waals surface area contributed by atoms with Crippen LogP contribution in [0, 0.1) is 23.1 Å². The summed E-state index contributed by atoms with van der Waals surface area (Å²) in [6, 6.07) is 6.51. The molecule has 1 aliphatic carbocycles. The molecule has 2 nitrogen and oxygen atoms in total. The first-order chi connectivity index (χ1) is 8.29. The van der Waals surface area contributed by atoms with Gasteiger partial charge in [-0.2, -0.15) is 5.26 Å². The molecular formula is C14H17FN2. The molecule has 0 amide bonds. The SMILES string of the molecule is N#Cc1ccc(F)c(CNCCCC2CC2)c1. The smallest absolute Gasteiger partial charge is 0.127 e. The van der Waals surface area contributed by atoms with Crippen LogP contribution in [0.1, 0.15) is 36.8 Å². The summed E-state index contributed by atoms with van der Waals surface area (Å²) in [7, 11) is 0. The molecule has 1 aromatic carbocycles. The van der Waals surface area contributed by atoms with E-state index < -0.39 is 0 Å². The van der Waals surface area contributed by atoms with Crippen LogP contribution in [0.5, 0.6) is 0 Å². The normalized spacial score (nSPS) is 14.6. The molecule has 2 rings (SSSR count). The largest absolute Gasteiger partial charge is 0.313 e. The monoisotopic (exact) mass is 232 g/mol. The lowest BCUT2D eigenvalue weighted by atomic mass is 10.1. The Morgan fingerprint density at radius 3 is 2.94 bits per heavy atom. The van der Waals surface area contributed by atoms with Gasteiger partial charge in [0.15, 0.2) is 0 Å². The van der Waals surface area contributed by atoms with Crippen LogP contribution in [0.4, 0.5) is 4.39 Å². The van der Waals surface area contributed by atoms with E-state index in [0.29, 0.717) is 17.7 Å². The van der Waals surface area contributed by atoms with E-state index in [1.165, 1.54) is 31.4 Å². The lowest BCUT2D eigenvalue weighted by molar-refractivity contribution is 0.565. The van der Waals surface area contributed by atoms with Crippen LogP contribution < -0.4 is 5.32 Å². The van der Waals surface area contributed by atoms with Crippen molar-refractivity contribution in [3.63, 3.8) is 0 Å². The van der Waals surface area contributed by atoms with E-state index in [-0.39, 0.29) is 5.82 Å². The molecule has 90 valence electrons. The van der Waals surface area contributed by atoms with E-state index in [2.05, 4.69) is 5.32 Å². The Morgan fingerprint density at radius 1 is 1.41 bits per heavy atom. The van der Waals surface area contributed by atoms with Crippen molar-refractivity contribution < 1.29 is 4.39 Å². The quantitative estimate of drug-likeness (QED) is 0.765. The average molecular weight is 232 g/mol. The number of hydrogen-bond donors (Lipinski definition) is 1. The van der Waals surface area contributed by atoms with Gasteiger partial charge in [0.2, 0.25) is 0 Å². The number of benzene rings is 1. The van der Waals surface area contributed by atoms with E-state index in [9.17, 15) is 4.39 Å². The van der Waals surface area contributed by atoms with Gasteiger partial charge in [-0.15, -0.1) is 0 Å². The fourth-order valence-electron chi connectivity index (χ4n) is 1.93. The van der Waals surface area contributed by atoms with Gasteiger partial charge >= 0.3 is 0 Å². The molecule has 0 atom stereocenters. The summed E-state index contributed by atoms with van der Waals surface area (Å²) in [4.78, 5) is 0. The Balaban J connectivity index is 1.75. The third-order valence-electron chi connectivity index (χ3n) is 3.15. The zero-order chi connectivity index (χ0) is 12.1. The molecule has 0 bridgehead atoms. The number of halogens is 1. The van der Waals surface area contributed by atoms with E-state index in [0.717, 1.165) is 18.9 Å². The molecule has 0 aliphatic heterocycles. The highest BCUT2D eigenvalue weighted by Crippen LogP contribution is 2.33. The summed E-state index contributed by atoms with van der Waals surface area (Å²) < 4.78 is 13.4. The van der Waals surface area contributed by atoms with E-state index >= 15 is 0 Å². The molecule has 0 aromatic heterocycles. The van der Waals surface area contributed by atoms with Crippen molar-refractivity contribution in [1.29, 1.82) is 5.26 Å². The summed E-state index contributed by atoms with van der Waals surface area (Å²) >= 11 is 0. The number of nitriles is 1. The topological polar surface area (TPSA) is 35.8 Å². The second-order valence-electron chi connectivity index (χ2n) is 4.68. The lowest BCUT2D eigenvalue weighted by Gasteiger charge is -2.06. The van der Waals surface area contributed by atoms with Gasteiger partial charge in [0.05, 0.1) is 11.6 Å². The molecule has 1 N–H and O–H groups in total. The van der Waals surface area contributed by atoms with E-state index in [1.54, 1.807) is 6.07 Å². The molecule has 1 aliphatic rings. The van der Waals surface area contributed by atoms with E-state index in [4.69, 9.17) is 5.26 Å². The first-order valence-corrected chi connectivity index (χ1v) is 6.19. The maximum Gasteiger partial charge on any atom is 0.127 e. The van der Waals surface area contributed by atoms with Crippen molar-refractivity contribution in [2.45, 2.75) is 32.2 Å². The van der Waals surface area contributed by atoms with Crippen molar-refractivity contribution in [1.82, 2.24) is 5.32 Å². The minimum absolute atomic E-state index is 0.237. The highest BCUT2D eigenvalue weighted by Gasteiger charge is 2.19. The minimum atomic E-state index is -0.237. The van der Waals surface area contributed by atoms with Crippen LogP contribution in [0.25, 0.3) is 0 Å². The van der Waals surface area contributed by atoms with Crippen molar-refractivity contribution in [2.24, 2.45) is 5.92 Å². The standard InChI is InChI=1S/C14H17FN2/c15-14-6-5-12(9-16)8-13(14)10-17-7-1-2-11-3-4-11/h5-6,8,11,17H,1-4,7,10H2. The van der Waals surface area contributed by atoms with Gasteiger partial charge in [0, 0.05) is 12.1 Å². The molecule has 17 heavy (non-hydrogen) atoms. The molecule has 1 aromatic rings. The van der Waals surface area contributed by atoms with Crippen LogP contribution in [-0.2, 0) is 6.54 Å². The number of nitrogens with zero attached hydrogens (tertiary/aromatic N) is 1. The van der Waals surface area contributed by atoms with Crippen LogP contribution in [0.15, 0.2) is 18.2 Å². The zero-order valence-corrected chi connectivity index (χ0v) is 9.88. The van der Waals surface area contributed by atoms with Crippen LogP contribution >= 0.6 is 0 Å². The zero-order valence-electron chi connectivity index (χ0n) is 9.88. The molecule has 1 fully saturated rings. The second-order valence-corrected chi connectivity index (χ2v) is 4.68. The highest BCUT2D eigenvalue weighted by atomic mass is 19.1. The minimum Gasteiger partial charge on any atom is -0.313 e. The van der Waals surface area contributed by atoms with Gasteiger partial charge in [-0.3, -0.25) is 0 Å². The summed E-state index contributed by atoms with van der Waals surface area (Å²) in [6.45, 7) is 1.43. The summed E-state index contributed by atoms with van der Waals surface area (Å²) in [5, 5.41) is 12.0. The molecule has 1 saturated carbocycles. The molecule has 0 radical (unpaired) electrons. The summed E-state index contributed by atoms with van der Waals surface area (Å²) in [6.07, 6.45) is 5.22.